The molecule has 5 heterocycles. The average molecular weight is 378 g/mol. The first kappa shape index (κ1) is 18.3. The summed E-state index contributed by atoms with van der Waals surface area (Å²) in [6, 6.07) is 1.33. The Hall–Kier alpha value is -0.730. The summed E-state index contributed by atoms with van der Waals surface area (Å²) in [6.45, 7) is 12.0. The van der Waals surface area contributed by atoms with Crippen LogP contribution < -0.4 is 5.73 Å². The molecule has 0 aliphatic carbocycles. The first-order chi connectivity index (χ1) is 13.0. The zero-order valence-electron chi connectivity index (χ0n) is 16.7. The number of ether oxygens (including phenoxy) is 1. The van der Waals surface area contributed by atoms with Crippen LogP contribution in [0.15, 0.2) is 0 Å². The largest absolute Gasteiger partial charge is 0.378 e. The van der Waals surface area contributed by atoms with E-state index in [1.807, 2.05) is 4.90 Å². The predicted octanol–water partition coefficient (Wildman–Crippen LogP) is -0.235. The van der Waals surface area contributed by atoms with Crippen LogP contribution in [-0.4, -0.2) is 109 Å². The zero-order chi connectivity index (χ0) is 18.6. The van der Waals surface area contributed by atoms with Crippen molar-refractivity contribution in [1.82, 2.24) is 19.6 Å². The van der Waals surface area contributed by atoms with Gasteiger partial charge >= 0.3 is 0 Å². The van der Waals surface area contributed by atoms with E-state index in [2.05, 4.69) is 14.7 Å². The van der Waals surface area contributed by atoms with Crippen LogP contribution in [0.5, 0.6) is 0 Å². The topological polar surface area (TPSA) is 65.3 Å². The van der Waals surface area contributed by atoms with Crippen LogP contribution in [0.4, 0.5) is 0 Å². The monoisotopic (exact) mass is 377 g/mol. The summed E-state index contributed by atoms with van der Waals surface area (Å²) in [5, 5.41) is 0. The number of hydrogen-bond donors (Lipinski definition) is 1. The van der Waals surface area contributed by atoms with Gasteiger partial charge in [-0.15, -0.1) is 0 Å². The molecule has 0 aromatic heterocycles. The van der Waals surface area contributed by atoms with E-state index < -0.39 is 0 Å². The maximum Gasteiger partial charge on any atom is 0.219 e. The van der Waals surface area contributed by atoms with Crippen molar-refractivity contribution in [3.8, 4) is 0 Å². The van der Waals surface area contributed by atoms with Crippen molar-refractivity contribution in [2.75, 3.05) is 65.7 Å². The van der Waals surface area contributed by atoms with Gasteiger partial charge in [0.1, 0.15) is 0 Å². The Balaban J connectivity index is 1.14. The molecule has 27 heavy (non-hydrogen) atoms. The standard InChI is InChI=1S/C20H35N5O2/c1-16(26)24-7-5-19(12-24)10-22(11-19)6-3-17-2-4-20(13-23(14-20)15-21)25(17)18-8-27-9-18/h17-18H,2-15,21H2,1H3. The molecule has 7 nitrogen and oxygen atoms in total. The maximum absolute atomic E-state index is 11.6. The molecule has 0 aromatic rings. The summed E-state index contributed by atoms with van der Waals surface area (Å²) in [6.07, 6.45) is 5.11. The third-order valence-corrected chi connectivity index (χ3v) is 7.97. The zero-order valence-corrected chi connectivity index (χ0v) is 16.7. The molecule has 5 aliphatic rings. The summed E-state index contributed by atoms with van der Waals surface area (Å²) < 4.78 is 5.54. The van der Waals surface area contributed by atoms with Crippen LogP contribution in [-0.2, 0) is 9.53 Å². The number of carbonyl (C=O) groups is 1. The Morgan fingerprint density at radius 2 is 1.89 bits per heavy atom. The first-order valence-electron chi connectivity index (χ1n) is 10.8. The highest BCUT2D eigenvalue weighted by Crippen LogP contribution is 2.45. The van der Waals surface area contributed by atoms with Crippen LogP contribution in [0.2, 0.25) is 0 Å². The molecule has 5 aliphatic heterocycles. The van der Waals surface area contributed by atoms with Crippen LogP contribution in [0.1, 0.15) is 32.6 Å². The van der Waals surface area contributed by atoms with Gasteiger partial charge in [0.2, 0.25) is 5.91 Å². The van der Waals surface area contributed by atoms with Gasteiger partial charge in [-0.3, -0.25) is 14.6 Å². The van der Waals surface area contributed by atoms with E-state index in [1.54, 1.807) is 6.92 Å². The van der Waals surface area contributed by atoms with Crippen molar-refractivity contribution in [2.24, 2.45) is 11.1 Å². The normalized spacial score (nSPS) is 33.4. The van der Waals surface area contributed by atoms with E-state index in [0.717, 1.165) is 39.4 Å². The SMILES string of the molecule is CC(=O)N1CCC2(CN(CCC3CCC4(CN(CN)C4)N3C3COC3)C2)C1. The highest BCUT2D eigenvalue weighted by molar-refractivity contribution is 5.73. The summed E-state index contributed by atoms with van der Waals surface area (Å²) in [4.78, 5) is 21.5. The van der Waals surface area contributed by atoms with E-state index >= 15 is 0 Å². The van der Waals surface area contributed by atoms with E-state index in [9.17, 15) is 4.79 Å². The molecular weight excluding hydrogens is 342 g/mol. The van der Waals surface area contributed by atoms with E-state index in [1.165, 1.54) is 45.3 Å². The fourth-order valence-corrected chi connectivity index (χ4v) is 6.53. The van der Waals surface area contributed by atoms with Gasteiger partial charge in [-0.05, 0) is 32.2 Å². The molecule has 2 N–H and O–H groups in total. The van der Waals surface area contributed by atoms with E-state index in [4.69, 9.17) is 10.5 Å². The molecule has 7 heteroatoms. The van der Waals surface area contributed by atoms with Crippen molar-refractivity contribution in [1.29, 1.82) is 0 Å². The molecule has 5 saturated heterocycles. The third kappa shape index (κ3) is 3.02. The molecule has 1 unspecified atom stereocenters. The van der Waals surface area contributed by atoms with Gasteiger partial charge in [0, 0.05) is 69.9 Å². The molecule has 0 aromatic carbocycles. The molecule has 5 rings (SSSR count). The molecule has 0 saturated carbocycles. The summed E-state index contributed by atoms with van der Waals surface area (Å²) in [5.74, 6) is 0.243. The lowest BCUT2D eigenvalue weighted by Gasteiger charge is -2.57. The lowest BCUT2D eigenvalue weighted by molar-refractivity contribution is -0.143. The molecule has 152 valence electrons. The Kier molecular flexibility index (Phi) is 4.52. The molecule has 0 radical (unpaired) electrons. The van der Waals surface area contributed by atoms with E-state index in [-0.39, 0.29) is 5.91 Å². The lowest BCUT2D eigenvalue weighted by Crippen LogP contribution is -2.73. The van der Waals surface area contributed by atoms with Crippen LogP contribution in [0.3, 0.4) is 0 Å². The highest BCUT2D eigenvalue weighted by atomic mass is 16.5. The molecule has 5 fully saturated rings. The van der Waals surface area contributed by atoms with Crippen LogP contribution >= 0.6 is 0 Å². The lowest BCUT2D eigenvalue weighted by atomic mass is 9.79. The number of carbonyl (C=O) groups excluding carboxylic acids is 1. The molecule has 0 bridgehead atoms. The molecular formula is C20H35N5O2. The molecule has 1 amide bonds. The Morgan fingerprint density at radius 3 is 2.48 bits per heavy atom. The van der Waals surface area contributed by atoms with Crippen LogP contribution in [0.25, 0.3) is 0 Å². The van der Waals surface area contributed by atoms with Crippen molar-refractivity contribution in [3.05, 3.63) is 0 Å². The maximum atomic E-state index is 11.6. The summed E-state index contributed by atoms with van der Waals surface area (Å²) in [7, 11) is 0. The number of nitrogens with zero attached hydrogens (tertiary/aromatic N) is 4. The fourth-order valence-electron chi connectivity index (χ4n) is 6.53. The minimum absolute atomic E-state index is 0.243. The van der Waals surface area contributed by atoms with Gasteiger partial charge < -0.3 is 20.3 Å². The van der Waals surface area contributed by atoms with Gasteiger partial charge in [0.25, 0.3) is 0 Å². The Labute approximate surface area is 162 Å². The molecule has 2 spiro atoms. The average Bonchev–Trinajstić information content (AvgIpc) is 3.12. The van der Waals surface area contributed by atoms with Gasteiger partial charge in [-0.1, -0.05) is 0 Å². The number of nitrogens with two attached hydrogens (primary N) is 1. The minimum Gasteiger partial charge on any atom is -0.378 e. The van der Waals surface area contributed by atoms with Gasteiger partial charge in [-0.25, -0.2) is 0 Å². The van der Waals surface area contributed by atoms with Gasteiger partial charge in [-0.2, -0.15) is 0 Å². The van der Waals surface area contributed by atoms with Crippen LogP contribution in [0, 0.1) is 5.41 Å². The van der Waals surface area contributed by atoms with E-state index in [0.29, 0.717) is 29.7 Å². The Morgan fingerprint density at radius 1 is 1.11 bits per heavy atom. The minimum atomic E-state index is 0.243. The summed E-state index contributed by atoms with van der Waals surface area (Å²) in [5.41, 5.74) is 6.63. The summed E-state index contributed by atoms with van der Waals surface area (Å²) >= 11 is 0. The second kappa shape index (κ2) is 6.66. The number of amides is 1. The number of likely N-dealkylation sites (tertiary alicyclic amines) is 4. The second-order valence-corrected chi connectivity index (χ2v) is 9.87. The van der Waals surface area contributed by atoms with Gasteiger partial charge in [0.05, 0.1) is 19.3 Å². The van der Waals surface area contributed by atoms with Gasteiger partial charge in [0.15, 0.2) is 0 Å². The van der Waals surface area contributed by atoms with Crippen molar-refractivity contribution < 1.29 is 9.53 Å². The fraction of sp³-hybridized carbons (Fsp3) is 0.950. The molecule has 1 atom stereocenters. The third-order valence-electron chi connectivity index (χ3n) is 7.97. The second-order valence-electron chi connectivity index (χ2n) is 9.87. The number of hydrogen-bond acceptors (Lipinski definition) is 6. The van der Waals surface area contributed by atoms with Crippen molar-refractivity contribution in [2.45, 2.75) is 50.2 Å². The first-order valence-corrected chi connectivity index (χ1v) is 10.8. The predicted molar refractivity (Wildman–Crippen MR) is 103 cm³/mol. The quantitative estimate of drug-likeness (QED) is 0.714. The number of rotatable bonds is 5. The smallest absolute Gasteiger partial charge is 0.219 e. The highest BCUT2D eigenvalue weighted by Gasteiger charge is 2.56. The van der Waals surface area contributed by atoms with Crippen molar-refractivity contribution >= 4 is 5.91 Å². The Bertz CT molecular complexity index is 583. The van der Waals surface area contributed by atoms with Crippen molar-refractivity contribution in [3.63, 3.8) is 0 Å².